The number of hydrogen-bond acceptors (Lipinski definition) is 6. The van der Waals surface area contributed by atoms with E-state index in [0.29, 0.717) is 28.0 Å². The second kappa shape index (κ2) is 14.7. The van der Waals surface area contributed by atoms with Crippen molar-refractivity contribution < 1.29 is 32.3 Å². The quantitative estimate of drug-likeness (QED) is 0.0896. The summed E-state index contributed by atoms with van der Waals surface area (Å²) in [6.45, 7) is 0.790. The topological polar surface area (TPSA) is 121 Å². The predicted octanol–water partition coefficient (Wildman–Crippen LogP) is 6.35. The van der Waals surface area contributed by atoms with Crippen LogP contribution < -0.4 is 5.56 Å². The highest BCUT2D eigenvalue weighted by Gasteiger charge is 2.30. The Labute approximate surface area is 276 Å². The number of aliphatic carboxylic acids is 1. The molecule has 2 heterocycles. The first kappa shape index (κ1) is 34.1. The van der Waals surface area contributed by atoms with Crippen LogP contribution in [0.2, 0.25) is 0 Å². The molecule has 0 saturated heterocycles. The van der Waals surface area contributed by atoms with Crippen LogP contribution in [0.3, 0.4) is 0 Å². The molecule has 1 unspecified atom stereocenters. The van der Waals surface area contributed by atoms with E-state index in [1.54, 1.807) is 55.7 Å². The third-order valence-electron chi connectivity index (χ3n) is 7.61. The van der Waals surface area contributed by atoms with Gasteiger partial charge in [0.2, 0.25) is 5.91 Å². The molecule has 48 heavy (non-hydrogen) atoms. The molecule has 0 spiro atoms. The van der Waals surface area contributed by atoms with Crippen LogP contribution in [0.4, 0.5) is 17.6 Å². The number of nitrogens with one attached hydrogen (secondary N) is 1. The van der Waals surface area contributed by atoms with Crippen LogP contribution >= 0.6 is 11.8 Å². The van der Waals surface area contributed by atoms with E-state index in [1.807, 2.05) is 0 Å². The SMILES string of the molecule is CC(c1cn[nH]c1)c1cn(CC(=O)N(CC(=O)O)Cc2ccc(-c3ccc(C(F)(F)F)cc3)cc2)c(SCc2ccc(F)cc2)nc1=O. The number of aromatic nitrogens is 4. The highest BCUT2D eigenvalue weighted by Crippen LogP contribution is 2.31. The van der Waals surface area contributed by atoms with Crippen molar-refractivity contribution in [2.75, 3.05) is 6.54 Å². The number of amides is 1. The molecule has 14 heteroatoms. The van der Waals surface area contributed by atoms with Crippen LogP contribution in [-0.4, -0.2) is 48.2 Å². The molecule has 2 aromatic heterocycles. The molecule has 1 amide bonds. The number of hydrogen-bond donors (Lipinski definition) is 2. The summed E-state index contributed by atoms with van der Waals surface area (Å²) < 4.78 is 53.8. The van der Waals surface area contributed by atoms with E-state index in [2.05, 4.69) is 15.2 Å². The number of carbonyl (C=O) groups excluding carboxylic acids is 1. The minimum atomic E-state index is -4.45. The Hall–Kier alpha value is -5.24. The molecule has 3 aromatic carbocycles. The van der Waals surface area contributed by atoms with Gasteiger partial charge in [0, 0.05) is 36.2 Å². The third-order valence-corrected chi connectivity index (χ3v) is 8.67. The number of carbonyl (C=O) groups is 2. The molecular weight excluding hydrogens is 650 g/mol. The molecule has 5 aromatic rings. The summed E-state index contributed by atoms with van der Waals surface area (Å²) in [4.78, 5) is 44.0. The predicted molar refractivity (Wildman–Crippen MR) is 170 cm³/mol. The van der Waals surface area contributed by atoms with Gasteiger partial charge in [-0.05, 0) is 52.1 Å². The van der Waals surface area contributed by atoms with Crippen LogP contribution in [0.5, 0.6) is 0 Å². The number of halogens is 4. The normalized spacial score (nSPS) is 12.1. The average molecular weight is 680 g/mol. The molecule has 0 radical (unpaired) electrons. The summed E-state index contributed by atoms with van der Waals surface area (Å²) in [6.07, 6.45) is 0.313. The van der Waals surface area contributed by atoms with Crippen LogP contribution in [-0.2, 0) is 34.6 Å². The van der Waals surface area contributed by atoms with Gasteiger partial charge in [-0.3, -0.25) is 19.5 Å². The molecule has 0 aliphatic rings. The molecule has 0 aliphatic heterocycles. The Morgan fingerprint density at radius 3 is 2.19 bits per heavy atom. The fraction of sp³-hybridized carbons (Fsp3) is 0.206. The van der Waals surface area contributed by atoms with Gasteiger partial charge in [-0.15, -0.1) is 0 Å². The Kier molecular flexibility index (Phi) is 10.4. The number of rotatable bonds is 12. The Bertz CT molecular complexity index is 1930. The summed E-state index contributed by atoms with van der Waals surface area (Å²) in [5, 5.41) is 16.5. The first-order valence-corrected chi connectivity index (χ1v) is 15.6. The van der Waals surface area contributed by atoms with Crippen molar-refractivity contribution in [3.63, 3.8) is 0 Å². The van der Waals surface area contributed by atoms with Crippen LogP contribution in [0, 0.1) is 5.82 Å². The summed E-state index contributed by atoms with van der Waals surface area (Å²) in [7, 11) is 0. The van der Waals surface area contributed by atoms with Gasteiger partial charge in [0.25, 0.3) is 5.56 Å². The maximum Gasteiger partial charge on any atom is 0.416 e. The standard InChI is InChI=1S/C34H29F4N5O4S/c1-21(26-14-39-40-15-26)29-17-43(33(41-32(29)47)48-20-23-4-12-28(35)13-5-23)18-30(44)42(19-31(45)46)16-22-2-6-24(7-3-22)25-8-10-27(11-9-25)34(36,37)38/h2-15,17,21H,16,18-20H2,1H3,(H,39,40)(H,45,46). The monoisotopic (exact) mass is 679 g/mol. The number of benzene rings is 3. The lowest BCUT2D eigenvalue weighted by molar-refractivity contribution is -0.145. The van der Waals surface area contributed by atoms with Gasteiger partial charge >= 0.3 is 12.1 Å². The zero-order valence-electron chi connectivity index (χ0n) is 25.4. The largest absolute Gasteiger partial charge is 0.480 e. The van der Waals surface area contributed by atoms with E-state index < -0.39 is 47.5 Å². The molecule has 248 valence electrons. The van der Waals surface area contributed by atoms with Crippen molar-refractivity contribution in [3.8, 4) is 11.1 Å². The van der Waals surface area contributed by atoms with Crippen LogP contribution in [0.1, 0.15) is 40.7 Å². The zero-order chi connectivity index (χ0) is 34.4. The van der Waals surface area contributed by atoms with Crippen molar-refractivity contribution in [3.05, 3.63) is 135 Å². The second-order valence-corrected chi connectivity index (χ2v) is 11.9. The highest BCUT2D eigenvalue weighted by molar-refractivity contribution is 7.98. The second-order valence-electron chi connectivity index (χ2n) is 11.0. The van der Waals surface area contributed by atoms with Gasteiger partial charge in [-0.2, -0.15) is 23.3 Å². The van der Waals surface area contributed by atoms with Gasteiger partial charge in [-0.25, -0.2) is 4.39 Å². The minimum absolute atomic E-state index is 0.0671. The first-order chi connectivity index (χ1) is 22.9. The Morgan fingerprint density at radius 2 is 1.60 bits per heavy atom. The number of nitrogens with zero attached hydrogens (tertiary/aromatic N) is 4. The van der Waals surface area contributed by atoms with Gasteiger partial charge in [-0.1, -0.05) is 67.2 Å². The number of H-pyrrole nitrogens is 1. The van der Waals surface area contributed by atoms with E-state index >= 15 is 0 Å². The van der Waals surface area contributed by atoms with E-state index in [0.717, 1.165) is 28.2 Å². The molecule has 0 bridgehead atoms. The van der Waals surface area contributed by atoms with E-state index in [9.17, 15) is 37.1 Å². The van der Waals surface area contributed by atoms with E-state index in [1.165, 1.54) is 46.8 Å². The molecular formula is C34H29F4N5O4S. The smallest absolute Gasteiger partial charge is 0.416 e. The lowest BCUT2D eigenvalue weighted by Crippen LogP contribution is -2.38. The Morgan fingerprint density at radius 1 is 0.979 bits per heavy atom. The van der Waals surface area contributed by atoms with Gasteiger partial charge in [0.05, 0.1) is 11.8 Å². The van der Waals surface area contributed by atoms with Crippen molar-refractivity contribution in [2.24, 2.45) is 0 Å². The van der Waals surface area contributed by atoms with Crippen molar-refractivity contribution in [1.82, 2.24) is 24.6 Å². The molecule has 5 rings (SSSR count). The fourth-order valence-electron chi connectivity index (χ4n) is 4.94. The number of alkyl halides is 3. The maximum atomic E-state index is 13.7. The maximum absolute atomic E-state index is 13.7. The molecule has 0 fully saturated rings. The number of carboxylic acids is 1. The number of thioether (sulfide) groups is 1. The molecule has 1 atom stereocenters. The minimum Gasteiger partial charge on any atom is -0.480 e. The van der Waals surface area contributed by atoms with E-state index in [-0.39, 0.29) is 18.2 Å². The summed E-state index contributed by atoms with van der Waals surface area (Å²) in [5.74, 6) is -2.28. The van der Waals surface area contributed by atoms with Gasteiger partial charge in [0.1, 0.15) is 18.9 Å². The fourth-order valence-corrected chi connectivity index (χ4v) is 5.86. The highest BCUT2D eigenvalue weighted by atomic mass is 32.2. The van der Waals surface area contributed by atoms with Crippen LogP contribution in [0.25, 0.3) is 11.1 Å². The average Bonchev–Trinajstić information content (AvgIpc) is 3.60. The lowest BCUT2D eigenvalue weighted by Gasteiger charge is -2.23. The van der Waals surface area contributed by atoms with Gasteiger partial charge < -0.3 is 14.6 Å². The van der Waals surface area contributed by atoms with Crippen molar-refractivity contribution >= 4 is 23.6 Å². The van der Waals surface area contributed by atoms with Gasteiger partial charge in [0.15, 0.2) is 5.16 Å². The summed E-state index contributed by atoms with van der Waals surface area (Å²) >= 11 is 1.17. The lowest BCUT2D eigenvalue weighted by atomic mass is 9.98. The summed E-state index contributed by atoms with van der Waals surface area (Å²) in [6, 6.07) is 17.3. The number of carboxylic acid groups (broad SMARTS) is 1. The van der Waals surface area contributed by atoms with Crippen molar-refractivity contribution in [1.29, 1.82) is 0 Å². The Balaban J connectivity index is 1.39. The molecule has 9 nitrogen and oxygen atoms in total. The molecule has 0 saturated carbocycles. The third kappa shape index (κ3) is 8.56. The molecule has 0 aliphatic carbocycles. The van der Waals surface area contributed by atoms with Crippen LogP contribution in [0.15, 0.2) is 101 Å². The zero-order valence-corrected chi connectivity index (χ0v) is 26.3. The van der Waals surface area contributed by atoms with E-state index in [4.69, 9.17) is 0 Å². The van der Waals surface area contributed by atoms with Crippen molar-refractivity contribution in [2.45, 2.75) is 43.0 Å². The first-order valence-electron chi connectivity index (χ1n) is 14.6. The number of aromatic amines is 1. The molecule has 2 N–H and O–H groups in total. The summed E-state index contributed by atoms with van der Waals surface area (Å²) in [5.41, 5.74) is 2.34.